The Morgan fingerprint density at radius 3 is 2.67 bits per heavy atom. The Hall–Kier alpha value is -2.14. The van der Waals surface area contributed by atoms with Crippen LogP contribution in [0, 0.1) is 6.92 Å². The number of para-hydroxylation sites is 1. The minimum atomic E-state index is -0.913. The summed E-state index contributed by atoms with van der Waals surface area (Å²) in [7, 11) is 0. The van der Waals surface area contributed by atoms with Crippen molar-refractivity contribution in [1.82, 2.24) is 0 Å². The number of hydrogen-bond donors (Lipinski definition) is 1. The van der Waals surface area contributed by atoms with E-state index in [1.165, 1.54) is 0 Å². The van der Waals surface area contributed by atoms with Gasteiger partial charge in [-0.05, 0) is 24.6 Å². The second kappa shape index (κ2) is 8.92. The number of carbonyl (C=O) groups is 2. The lowest BCUT2D eigenvalue weighted by Gasteiger charge is -2.14. The molecule has 0 aliphatic heterocycles. The molecule has 0 amide bonds. The Balaban J connectivity index is 2.23. The fraction of sp³-hybridized carbons (Fsp3) is 0.375. The number of rotatable bonds is 9. The first-order chi connectivity index (χ1) is 10.0. The second-order valence-corrected chi connectivity index (χ2v) is 4.58. The highest BCUT2D eigenvalue weighted by Gasteiger charge is 2.11. The number of aliphatic hydroxyl groups excluding tert-OH is 1. The van der Waals surface area contributed by atoms with Gasteiger partial charge in [-0.3, -0.25) is 9.59 Å². The normalized spacial score (nSPS) is 11.5. The summed E-state index contributed by atoms with van der Waals surface area (Å²) in [5, 5.41) is 9.69. The van der Waals surface area contributed by atoms with Crippen molar-refractivity contribution >= 4 is 11.8 Å². The molecule has 0 radical (unpaired) electrons. The minimum absolute atomic E-state index is 0.0176. The maximum atomic E-state index is 11.3. The summed E-state index contributed by atoms with van der Waals surface area (Å²) in [5.41, 5.74) is 0.963. The van der Waals surface area contributed by atoms with Gasteiger partial charge in [-0.15, -0.1) is 0 Å². The largest absolute Gasteiger partial charge is 0.490 e. The van der Waals surface area contributed by atoms with E-state index in [9.17, 15) is 14.7 Å². The molecule has 21 heavy (non-hydrogen) atoms. The van der Waals surface area contributed by atoms with E-state index >= 15 is 0 Å². The van der Waals surface area contributed by atoms with Gasteiger partial charge < -0.3 is 14.6 Å². The topological polar surface area (TPSA) is 72.8 Å². The SMILES string of the molecule is C=CC(=O)CCC(=O)OCC(O)COc1ccccc1C. The molecule has 1 atom stereocenters. The highest BCUT2D eigenvalue weighted by molar-refractivity contribution is 5.91. The Bertz CT molecular complexity index is 495. The van der Waals surface area contributed by atoms with Gasteiger partial charge in [0.1, 0.15) is 25.1 Å². The van der Waals surface area contributed by atoms with Crippen LogP contribution in [-0.2, 0) is 14.3 Å². The summed E-state index contributed by atoms with van der Waals surface area (Å²) in [6.45, 7) is 5.09. The van der Waals surface area contributed by atoms with Gasteiger partial charge in [-0.1, -0.05) is 24.8 Å². The van der Waals surface area contributed by atoms with Crippen molar-refractivity contribution in [3.05, 3.63) is 42.5 Å². The lowest BCUT2D eigenvalue weighted by molar-refractivity contribution is -0.147. The highest BCUT2D eigenvalue weighted by Crippen LogP contribution is 2.16. The Labute approximate surface area is 124 Å². The van der Waals surface area contributed by atoms with Crippen LogP contribution in [0.1, 0.15) is 18.4 Å². The van der Waals surface area contributed by atoms with Crippen molar-refractivity contribution in [2.45, 2.75) is 25.9 Å². The first-order valence-corrected chi connectivity index (χ1v) is 6.70. The predicted molar refractivity (Wildman–Crippen MR) is 78.1 cm³/mol. The number of allylic oxidation sites excluding steroid dienone is 1. The maximum Gasteiger partial charge on any atom is 0.306 e. The van der Waals surface area contributed by atoms with Crippen molar-refractivity contribution in [2.24, 2.45) is 0 Å². The fourth-order valence-electron chi connectivity index (χ4n) is 1.54. The van der Waals surface area contributed by atoms with Gasteiger partial charge in [0.2, 0.25) is 0 Å². The maximum absolute atomic E-state index is 11.3. The summed E-state index contributed by atoms with van der Waals surface area (Å²) in [6.07, 6.45) is 0.302. The van der Waals surface area contributed by atoms with E-state index in [4.69, 9.17) is 9.47 Å². The smallest absolute Gasteiger partial charge is 0.306 e. The summed E-state index contributed by atoms with van der Waals surface area (Å²) >= 11 is 0. The molecular weight excluding hydrogens is 272 g/mol. The van der Waals surface area contributed by atoms with Crippen LogP contribution < -0.4 is 4.74 Å². The standard InChI is InChI=1S/C16H20O5/c1-3-13(17)8-9-16(19)21-11-14(18)10-20-15-7-5-4-6-12(15)2/h3-7,14,18H,1,8-11H2,2H3. The molecule has 5 heteroatoms. The van der Waals surface area contributed by atoms with Crippen LogP contribution in [0.4, 0.5) is 0 Å². The molecule has 1 N–H and O–H groups in total. The fourth-order valence-corrected chi connectivity index (χ4v) is 1.54. The van der Waals surface area contributed by atoms with Gasteiger partial charge in [0, 0.05) is 6.42 Å². The second-order valence-electron chi connectivity index (χ2n) is 4.58. The predicted octanol–water partition coefficient (Wildman–Crippen LogP) is 1.81. The van der Waals surface area contributed by atoms with Gasteiger partial charge in [-0.25, -0.2) is 0 Å². The van der Waals surface area contributed by atoms with E-state index in [-0.39, 0.29) is 31.8 Å². The van der Waals surface area contributed by atoms with E-state index in [1.807, 2.05) is 25.1 Å². The van der Waals surface area contributed by atoms with Crippen molar-refractivity contribution in [1.29, 1.82) is 0 Å². The molecule has 0 spiro atoms. The quantitative estimate of drug-likeness (QED) is 0.555. The number of benzene rings is 1. The molecule has 0 heterocycles. The van der Waals surface area contributed by atoms with Gasteiger partial charge in [0.15, 0.2) is 5.78 Å². The van der Waals surface area contributed by atoms with Gasteiger partial charge in [0.05, 0.1) is 6.42 Å². The average Bonchev–Trinajstić information content (AvgIpc) is 2.49. The monoisotopic (exact) mass is 292 g/mol. The van der Waals surface area contributed by atoms with Crippen LogP contribution in [0.5, 0.6) is 5.75 Å². The zero-order valence-corrected chi connectivity index (χ0v) is 12.1. The van der Waals surface area contributed by atoms with Crippen molar-refractivity contribution in [3.63, 3.8) is 0 Å². The molecule has 5 nitrogen and oxygen atoms in total. The number of aliphatic hydroxyl groups is 1. The molecule has 0 aromatic heterocycles. The third-order valence-electron chi connectivity index (χ3n) is 2.76. The lowest BCUT2D eigenvalue weighted by Crippen LogP contribution is -2.25. The van der Waals surface area contributed by atoms with Crippen molar-refractivity contribution < 1.29 is 24.2 Å². The van der Waals surface area contributed by atoms with Crippen molar-refractivity contribution in [3.8, 4) is 5.75 Å². The van der Waals surface area contributed by atoms with E-state index in [2.05, 4.69) is 6.58 Å². The molecular formula is C16H20O5. The van der Waals surface area contributed by atoms with Gasteiger partial charge >= 0.3 is 5.97 Å². The third kappa shape index (κ3) is 6.72. The molecule has 0 fully saturated rings. The highest BCUT2D eigenvalue weighted by atomic mass is 16.5. The van der Waals surface area contributed by atoms with Crippen LogP contribution in [0.15, 0.2) is 36.9 Å². The molecule has 1 rings (SSSR count). The van der Waals surface area contributed by atoms with E-state index < -0.39 is 12.1 Å². The van der Waals surface area contributed by atoms with Crippen LogP contribution in [0.3, 0.4) is 0 Å². The molecule has 0 saturated carbocycles. The van der Waals surface area contributed by atoms with Gasteiger partial charge in [-0.2, -0.15) is 0 Å². The molecule has 1 unspecified atom stereocenters. The van der Waals surface area contributed by atoms with E-state index in [1.54, 1.807) is 6.07 Å². The summed E-state index contributed by atoms with van der Waals surface area (Å²) in [4.78, 5) is 22.3. The number of esters is 1. The number of aryl methyl sites for hydroxylation is 1. The molecule has 0 saturated heterocycles. The van der Waals surface area contributed by atoms with Gasteiger partial charge in [0.25, 0.3) is 0 Å². The summed E-state index contributed by atoms with van der Waals surface area (Å²) in [5.74, 6) is -0.0602. The van der Waals surface area contributed by atoms with Crippen LogP contribution >= 0.6 is 0 Å². The first-order valence-electron chi connectivity index (χ1n) is 6.70. The Morgan fingerprint density at radius 2 is 2.00 bits per heavy atom. The molecule has 0 bridgehead atoms. The molecule has 1 aromatic rings. The van der Waals surface area contributed by atoms with Crippen molar-refractivity contribution in [2.75, 3.05) is 13.2 Å². The van der Waals surface area contributed by atoms with Crippen LogP contribution in [0.2, 0.25) is 0 Å². The Morgan fingerprint density at radius 1 is 1.29 bits per heavy atom. The minimum Gasteiger partial charge on any atom is -0.490 e. The van der Waals surface area contributed by atoms with Crippen LogP contribution in [-0.4, -0.2) is 36.2 Å². The molecule has 0 aliphatic carbocycles. The molecule has 1 aromatic carbocycles. The number of hydrogen-bond acceptors (Lipinski definition) is 5. The van der Waals surface area contributed by atoms with E-state index in [0.29, 0.717) is 5.75 Å². The zero-order valence-electron chi connectivity index (χ0n) is 12.1. The molecule has 114 valence electrons. The lowest BCUT2D eigenvalue weighted by atomic mass is 10.2. The number of ketones is 1. The zero-order chi connectivity index (χ0) is 15.7. The molecule has 0 aliphatic rings. The number of carbonyl (C=O) groups excluding carboxylic acids is 2. The van der Waals surface area contributed by atoms with Crippen LogP contribution in [0.25, 0.3) is 0 Å². The van der Waals surface area contributed by atoms with E-state index in [0.717, 1.165) is 11.6 Å². The average molecular weight is 292 g/mol. The third-order valence-corrected chi connectivity index (χ3v) is 2.76. The number of ether oxygens (including phenoxy) is 2. The summed E-state index contributed by atoms with van der Waals surface area (Å²) < 4.78 is 10.3. The Kier molecular flexibility index (Phi) is 7.18. The first kappa shape index (κ1) is 16.9. The summed E-state index contributed by atoms with van der Waals surface area (Å²) in [6, 6.07) is 7.43.